The molecule has 0 bridgehead atoms. The lowest BCUT2D eigenvalue weighted by Crippen LogP contribution is -2.51. The normalized spacial score (nSPS) is 38.1. The molecule has 5 nitrogen and oxygen atoms in total. The van der Waals surface area contributed by atoms with Gasteiger partial charge in [0.2, 0.25) is 5.91 Å². The largest absolute Gasteiger partial charge is 0.347 e. The van der Waals surface area contributed by atoms with E-state index in [0.29, 0.717) is 18.8 Å². The molecule has 0 aromatic carbocycles. The van der Waals surface area contributed by atoms with E-state index in [9.17, 15) is 13.2 Å². The van der Waals surface area contributed by atoms with Crippen LogP contribution in [0.4, 0.5) is 0 Å². The van der Waals surface area contributed by atoms with Crippen LogP contribution in [0.5, 0.6) is 0 Å². The Morgan fingerprint density at radius 2 is 2.18 bits per heavy atom. The molecule has 1 amide bonds. The van der Waals surface area contributed by atoms with Crippen LogP contribution in [0.1, 0.15) is 19.8 Å². The van der Waals surface area contributed by atoms with E-state index in [4.69, 9.17) is 5.26 Å². The van der Waals surface area contributed by atoms with E-state index in [1.807, 2.05) is 6.92 Å². The first-order chi connectivity index (χ1) is 7.87. The minimum atomic E-state index is -3.17. The molecule has 1 aliphatic heterocycles. The van der Waals surface area contributed by atoms with Crippen molar-refractivity contribution in [2.75, 3.05) is 5.75 Å². The molecule has 2 rings (SSSR count). The molecular formula is C11H14N2O3S. The summed E-state index contributed by atoms with van der Waals surface area (Å²) in [4.78, 5) is 11.9. The summed E-state index contributed by atoms with van der Waals surface area (Å²) < 4.78 is 22.3. The first-order valence-corrected chi connectivity index (χ1v) is 7.22. The van der Waals surface area contributed by atoms with Crippen LogP contribution in [-0.2, 0) is 14.6 Å². The zero-order valence-electron chi connectivity index (χ0n) is 9.51. The molecule has 0 aromatic rings. The molecule has 6 heteroatoms. The van der Waals surface area contributed by atoms with Crippen LogP contribution in [-0.4, -0.2) is 26.1 Å². The summed E-state index contributed by atoms with van der Waals surface area (Å²) in [5.74, 6) is -0.0661. The van der Waals surface area contributed by atoms with Gasteiger partial charge in [-0.25, -0.2) is 8.42 Å². The van der Waals surface area contributed by atoms with Gasteiger partial charge in [0.05, 0.1) is 17.9 Å². The molecule has 0 spiro atoms. The number of carbonyl (C=O) groups excluding carboxylic acids is 1. The summed E-state index contributed by atoms with van der Waals surface area (Å²) in [7, 11) is -3.17. The van der Waals surface area contributed by atoms with Crippen molar-refractivity contribution in [1.29, 1.82) is 5.26 Å². The van der Waals surface area contributed by atoms with Crippen LogP contribution in [0.2, 0.25) is 0 Å². The fourth-order valence-corrected chi connectivity index (χ4v) is 3.66. The Morgan fingerprint density at radius 3 is 2.59 bits per heavy atom. The molecule has 1 saturated carbocycles. The van der Waals surface area contributed by atoms with Gasteiger partial charge in [0.15, 0.2) is 9.84 Å². The van der Waals surface area contributed by atoms with Crippen LogP contribution in [0.3, 0.4) is 0 Å². The Bertz CT molecular complexity index is 509. The summed E-state index contributed by atoms with van der Waals surface area (Å²) in [5, 5.41) is 12.8. The summed E-state index contributed by atoms with van der Waals surface area (Å²) in [6, 6.07) is 1.56. The molecule has 1 atom stereocenters. The lowest BCUT2D eigenvalue weighted by atomic mass is 9.63. The van der Waals surface area contributed by atoms with Gasteiger partial charge in [-0.2, -0.15) is 5.26 Å². The number of amides is 1. The van der Waals surface area contributed by atoms with Crippen LogP contribution < -0.4 is 5.32 Å². The molecule has 0 saturated heterocycles. The highest BCUT2D eigenvalue weighted by Crippen LogP contribution is 2.45. The van der Waals surface area contributed by atoms with Gasteiger partial charge in [0.1, 0.15) is 5.41 Å². The summed E-state index contributed by atoms with van der Waals surface area (Å²) in [6.07, 6.45) is 2.57. The maximum Gasteiger partial charge on any atom is 0.240 e. The first kappa shape index (κ1) is 12.1. The minimum Gasteiger partial charge on any atom is -0.347 e. The quantitative estimate of drug-likeness (QED) is 0.770. The average Bonchev–Trinajstić information content (AvgIpc) is 2.52. The summed E-state index contributed by atoms with van der Waals surface area (Å²) in [6.45, 7) is 1.99. The monoisotopic (exact) mass is 254 g/mol. The predicted molar refractivity (Wildman–Crippen MR) is 61.3 cm³/mol. The molecule has 17 heavy (non-hydrogen) atoms. The number of hydrogen-bond acceptors (Lipinski definition) is 4. The van der Waals surface area contributed by atoms with E-state index in [1.165, 1.54) is 6.08 Å². The maximum absolute atomic E-state index is 11.9. The van der Waals surface area contributed by atoms with Crippen molar-refractivity contribution in [2.45, 2.75) is 25.8 Å². The van der Waals surface area contributed by atoms with Gasteiger partial charge in [-0.15, -0.1) is 0 Å². The van der Waals surface area contributed by atoms with Gasteiger partial charge in [-0.1, -0.05) is 6.92 Å². The molecular weight excluding hydrogens is 240 g/mol. The SMILES string of the molecule is CC1CC(C#N)(C(=O)NC2C=CS(=O)(=O)C2)C1. The van der Waals surface area contributed by atoms with E-state index in [-0.39, 0.29) is 11.7 Å². The smallest absolute Gasteiger partial charge is 0.240 e. The van der Waals surface area contributed by atoms with Gasteiger partial charge in [-0.3, -0.25) is 4.79 Å². The summed E-state index contributed by atoms with van der Waals surface area (Å²) in [5.41, 5.74) is -0.945. The van der Waals surface area contributed by atoms with Gasteiger partial charge in [0.25, 0.3) is 0 Å². The highest BCUT2D eigenvalue weighted by atomic mass is 32.2. The Morgan fingerprint density at radius 1 is 1.53 bits per heavy atom. The standard InChI is InChI=1S/C11H14N2O3S/c1-8-4-11(5-8,7-12)10(14)13-9-2-3-17(15,16)6-9/h2-3,8-9H,4-6H2,1H3,(H,13,14). The number of sulfone groups is 1. The number of hydrogen-bond donors (Lipinski definition) is 1. The van der Waals surface area contributed by atoms with E-state index in [1.54, 1.807) is 0 Å². The van der Waals surface area contributed by atoms with Crippen molar-refractivity contribution < 1.29 is 13.2 Å². The molecule has 2 aliphatic rings. The van der Waals surface area contributed by atoms with Crippen LogP contribution in [0, 0.1) is 22.7 Å². The Balaban J connectivity index is 2.00. The van der Waals surface area contributed by atoms with E-state index < -0.39 is 21.3 Å². The van der Waals surface area contributed by atoms with Gasteiger partial charge < -0.3 is 5.32 Å². The minimum absolute atomic E-state index is 0.101. The van der Waals surface area contributed by atoms with Gasteiger partial charge in [0, 0.05) is 5.41 Å². The predicted octanol–water partition coefficient (Wildman–Crippen LogP) is 0.353. The highest BCUT2D eigenvalue weighted by molar-refractivity contribution is 7.94. The molecule has 1 heterocycles. The molecule has 92 valence electrons. The lowest BCUT2D eigenvalue weighted by Gasteiger charge is -2.39. The topological polar surface area (TPSA) is 87.0 Å². The van der Waals surface area contributed by atoms with Crippen molar-refractivity contribution in [3.05, 3.63) is 11.5 Å². The molecule has 0 radical (unpaired) electrons. The van der Waals surface area contributed by atoms with Crippen molar-refractivity contribution in [3.63, 3.8) is 0 Å². The highest BCUT2D eigenvalue weighted by Gasteiger charge is 2.49. The Hall–Kier alpha value is -1.35. The number of nitrogens with one attached hydrogen (secondary N) is 1. The van der Waals surface area contributed by atoms with Crippen molar-refractivity contribution in [3.8, 4) is 6.07 Å². The Labute approximate surface area is 100 Å². The second kappa shape index (κ2) is 3.84. The zero-order chi connectivity index (χ0) is 12.7. The van der Waals surface area contributed by atoms with Crippen molar-refractivity contribution >= 4 is 15.7 Å². The number of carbonyl (C=O) groups is 1. The van der Waals surface area contributed by atoms with Gasteiger partial charge >= 0.3 is 0 Å². The maximum atomic E-state index is 11.9. The number of rotatable bonds is 2. The molecule has 1 N–H and O–H groups in total. The third-order valence-electron chi connectivity index (χ3n) is 3.29. The molecule has 1 fully saturated rings. The van der Waals surface area contributed by atoms with E-state index in [0.717, 1.165) is 5.41 Å². The second-order valence-corrected chi connectivity index (χ2v) is 6.88. The number of nitrogens with zero attached hydrogens (tertiary/aromatic N) is 1. The van der Waals surface area contributed by atoms with E-state index in [2.05, 4.69) is 11.4 Å². The van der Waals surface area contributed by atoms with Crippen LogP contribution in [0.25, 0.3) is 0 Å². The van der Waals surface area contributed by atoms with Crippen molar-refractivity contribution in [2.24, 2.45) is 11.3 Å². The summed E-state index contributed by atoms with van der Waals surface area (Å²) >= 11 is 0. The third-order valence-corrected chi connectivity index (χ3v) is 4.68. The lowest BCUT2D eigenvalue weighted by molar-refractivity contribution is -0.134. The molecule has 1 unspecified atom stereocenters. The number of nitriles is 1. The average molecular weight is 254 g/mol. The van der Waals surface area contributed by atoms with Crippen LogP contribution in [0.15, 0.2) is 11.5 Å². The van der Waals surface area contributed by atoms with E-state index >= 15 is 0 Å². The zero-order valence-corrected chi connectivity index (χ0v) is 10.3. The fraction of sp³-hybridized carbons (Fsp3) is 0.636. The van der Waals surface area contributed by atoms with Crippen LogP contribution >= 0.6 is 0 Å². The fourth-order valence-electron chi connectivity index (χ4n) is 2.43. The van der Waals surface area contributed by atoms with Gasteiger partial charge in [-0.05, 0) is 24.8 Å². The molecule has 0 aromatic heterocycles. The third kappa shape index (κ3) is 2.20. The van der Waals surface area contributed by atoms with Crippen molar-refractivity contribution in [1.82, 2.24) is 5.32 Å². The Kier molecular flexibility index (Phi) is 2.74. The second-order valence-electron chi connectivity index (χ2n) is 4.95. The first-order valence-electron chi connectivity index (χ1n) is 5.50. The molecule has 1 aliphatic carbocycles.